The number of piperazine rings is 1. The zero-order valence-electron chi connectivity index (χ0n) is 13.0. The Morgan fingerprint density at radius 3 is 2.46 bits per heavy atom. The third-order valence-electron chi connectivity index (χ3n) is 3.91. The number of para-hydroxylation sites is 1. The van der Waals surface area contributed by atoms with Crippen LogP contribution < -0.4 is 4.90 Å². The lowest BCUT2D eigenvalue weighted by Crippen LogP contribution is -2.44. The van der Waals surface area contributed by atoms with Crippen LogP contribution in [0.3, 0.4) is 0 Å². The van der Waals surface area contributed by atoms with Crippen molar-refractivity contribution in [2.75, 3.05) is 31.1 Å². The normalized spacial score (nSPS) is 15.0. The number of nitro groups is 1. The molecule has 7 heteroatoms. The van der Waals surface area contributed by atoms with E-state index >= 15 is 0 Å². The molecular formula is C17H17ClN4O2. The van der Waals surface area contributed by atoms with Gasteiger partial charge in [-0.15, -0.1) is 0 Å². The fourth-order valence-electron chi connectivity index (χ4n) is 2.61. The number of hydrogen-bond acceptors (Lipinski definition) is 5. The minimum absolute atomic E-state index is 0.102. The van der Waals surface area contributed by atoms with E-state index in [4.69, 9.17) is 11.6 Å². The quantitative estimate of drug-likeness (QED) is 0.484. The van der Waals surface area contributed by atoms with Gasteiger partial charge in [0.25, 0.3) is 5.69 Å². The third kappa shape index (κ3) is 3.83. The Hall–Kier alpha value is -2.60. The van der Waals surface area contributed by atoms with Gasteiger partial charge in [-0.3, -0.25) is 15.1 Å². The smallest absolute Gasteiger partial charge is 0.288 e. The molecule has 0 aliphatic carbocycles. The van der Waals surface area contributed by atoms with Crippen molar-refractivity contribution >= 4 is 29.2 Å². The van der Waals surface area contributed by atoms with Crippen LogP contribution in [0, 0.1) is 10.1 Å². The molecule has 1 aliphatic heterocycles. The third-order valence-corrected chi connectivity index (χ3v) is 4.23. The molecule has 6 nitrogen and oxygen atoms in total. The molecule has 2 aromatic carbocycles. The molecule has 0 bridgehead atoms. The molecule has 0 spiro atoms. The molecule has 24 heavy (non-hydrogen) atoms. The summed E-state index contributed by atoms with van der Waals surface area (Å²) in [6.45, 7) is 3.40. The molecule has 1 fully saturated rings. The Labute approximate surface area is 145 Å². The first-order valence-corrected chi connectivity index (χ1v) is 8.04. The summed E-state index contributed by atoms with van der Waals surface area (Å²) >= 11 is 5.81. The molecular weight excluding hydrogens is 328 g/mol. The lowest BCUT2D eigenvalue weighted by Gasteiger charge is -2.34. The highest BCUT2D eigenvalue weighted by atomic mass is 35.5. The van der Waals surface area contributed by atoms with Gasteiger partial charge in [0, 0.05) is 30.4 Å². The molecule has 0 unspecified atom stereocenters. The second-order valence-electron chi connectivity index (χ2n) is 5.49. The summed E-state index contributed by atoms with van der Waals surface area (Å²) in [5, 5.41) is 17.4. The summed E-state index contributed by atoms with van der Waals surface area (Å²) in [5.41, 5.74) is 1.78. The summed E-state index contributed by atoms with van der Waals surface area (Å²) in [6, 6.07) is 15.0. The van der Waals surface area contributed by atoms with Crippen molar-refractivity contribution < 1.29 is 4.92 Å². The number of anilines is 1. The van der Waals surface area contributed by atoms with Crippen molar-refractivity contribution in [2.24, 2.45) is 5.10 Å². The minimum Gasteiger partial charge on any atom is -0.368 e. The summed E-state index contributed by atoms with van der Waals surface area (Å²) in [4.78, 5) is 12.7. The Balaban J connectivity index is 1.61. The maximum absolute atomic E-state index is 10.9. The Bertz CT molecular complexity index is 744. The summed E-state index contributed by atoms with van der Waals surface area (Å²) < 4.78 is 0. The highest BCUT2D eigenvalue weighted by Gasteiger charge is 2.16. The molecule has 3 rings (SSSR count). The molecule has 2 aromatic rings. The number of benzene rings is 2. The predicted octanol–water partition coefficient (Wildman–Crippen LogP) is 3.40. The van der Waals surface area contributed by atoms with Crippen LogP contribution in [0.15, 0.2) is 53.6 Å². The average Bonchev–Trinajstić information content (AvgIpc) is 2.62. The molecule has 1 saturated heterocycles. The van der Waals surface area contributed by atoms with E-state index in [2.05, 4.69) is 22.1 Å². The van der Waals surface area contributed by atoms with E-state index in [0.717, 1.165) is 26.2 Å². The Morgan fingerprint density at radius 2 is 1.79 bits per heavy atom. The standard InChI is InChI=1S/C17H17ClN4O2/c18-16-7-6-14(12-17(16)22(23)24)13-19-21-10-8-20(9-11-21)15-4-2-1-3-5-15/h1-7,12-13H,8-11H2/b19-13+. The van der Waals surface area contributed by atoms with E-state index in [9.17, 15) is 10.1 Å². The molecule has 124 valence electrons. The second-order valence-corrected chi connectivity index (χ2v) is 5.90. The number of hydrazone groups is 1. The van der Waals surface area contributed by atoms with Crippen LogP contribution in [0.25, 0.3) is 0 Å². The minimum atomic E-state index is -0.488. The highest BCUT2D eigenvalue weighted by Crippen LogP contribution is 2.24. The molecule has 0 atom stereocenters. The second kappa shape index (κ2) is 7.31. The van der Waals surface area contributed by atoms with Crippen LogP contribution in [0.5, 0.6) is 0 Å². The fraction of sp³-hybridized carbons (Fsp3) is 0.235. The SMILES string of the molecule is O=[N+]([O-])c1cc(/C=N/N2CCN(c3ccccc3)CC2)ccc1Cl. The predicted molar refractivity (Wildman–Crippen MR) is 95.9 cm³/mol. The number of rotatable bonds is 4. The summed E-state index contributed by atoms with van der Waals surface area (Å²) in [5.74, 6) is 0. The van der Waals surface area contributed by atoms with Crippen LogP contribution in [0.1, 0.15) is 5.56 Å². The maximum atomic E-state index is 10.9. The van der Waals surface area contributed by atoms with Gasteiger partial charge < -0.3 is 4.90 Å². The largest absolute Gasteiger partial charge is 0.368 e. The van der Waals surface area contributed by atoms with Gasteiger partial charge in [0.05, 0.1) is 24.2 Å². The summed E-state index contributed by atoms with van der Waals surface area (Å²) in [7, 11) is 0. The zero-order chi connectivity index (χ0) is 16.9. The van der Waals surface area contributed by atoms with Crippen molar-refractivity contribution in [3.8, 4) is 0 Å². The number of nitrogens with zero attached hydrogens (tertiary/aromatic N) is 4. The van der Waals surface area contributed by atoms with Crippen molar-refractivity contribution in [1.29, 1.82) is 0 Å². The molecule has 0 radical (unpaired) electrons. The van der Waals surface area contributed by atoms with E-state index in [1.54, 1.807) is 12.3 Å². The number of nitro benzene ring substituents is 1. The van der Waals surface area contributed by atoms with Gasteiger partial charge in [-0.1, -0.05) is 35.9 Å². The van der Waals surface area contributed by atoms with Crippen LogP contribution in [-0.2, 0) is 0 Å². The lowest BCUT2D eigenvalue weighted by molar-refractivity contribution is -0.384. The molecule has 0 N–H and O–H groups in total. The van der Waals surface area contributed by atoms with Gasteiger partial charge in [-0.25, -0.2) is 0 Å². The molecule has 1 aliphatic rings. The maximum Gasteiger partial charge on any atom is 0.288 e. The van der Waals surface area contributed by atoms with E-state index in [1.165, 1.54) is 17.8 Å². The van der Waals surface area contributed by atoms with E-state index < -0.39 is 4.92 Å². The van der Waals surface area contributed by atoms with Crippen molar-refractivity contribution in [1.82, 2.24) is 5.01 Å². The van der Waals surface area contributed by atoms with Crippen molar-refractivity contribution in [3.05, 3.63) is 69.2 Å². The van der Waals surface area contributed by atoms with E-state index in [1.807, 2.05) is 23.2 Å². The van der Waals surface area contributed by atoms with Gasteiger partial charge in [0.2, 0.25) is 0 Å². The van der Waals surface area contributed by atoms with E-state index in [0.29, 0.717) is 5.56 Å². The monoisotopic (exact) mass is 344 g/mol. The number of hydrogen-bond donors (Lipinski definition) is 0. The van der Waals surface area contributed by atoms with Crippen molar-refractivity contribution in [2.45, 2.75) is 0 Å². The fourth-order valence-corrected chi connectivity index (χ4v) is 2.79. The first kappa shape index (κ1) is 16.3. The van der Waals surface area contributed by atoms with Crippen LogP contribution in [0.2, 0.25) is 5.02 Å². The van der Waals surface area contributed by atoms with Crippen LogP contribution >= 0.6 is 11.6 Å². The number of halogens is 1. The van der Waals surface area contributed by atoms with E-state index in [-0.39, 0.29) is 10.7 Å². The van der Waals surface area contributed by atoms with Gasteiger partial charge in [-0.05, 0) is 18.2 Å². The Morgan fingerprint density at radius 1 is 1.08 bits per heavy atom. The van der Waals surface area contributed by atoms with Crippen LogP contribution in [-0.4, -0.2) is 42.3 Å². The first-order valence-electron chi connectivity index (χ1n) is 7.66. The van der Waals surface area contributed by atoms with Gasteiger partial charge >= 0.3 is 0 Å². The van der Waals surface area contributed by atoms with Gasteiger partial charge in [-0.2, -0.15) is 5.10 Å². The van der Waals surface area contributed by atoms with Gasteiger partial charge in [0.1, 0.15) is 5.02 Å². The molecule has 0 aromatic heterocycles. The summed E-state index contributed by atoms with van der Waals surface area (Å²) in [6.07, 6.45) is 1.64. The first-order chi connectivity index (χ1) is 11.6. The average molecular weight is 345 g/mol. The van der Waals surface area contributed by atoms with Crippen LogP contribution in [0.4, 0.5) is 11.4 Å². The topological polar surface area (TPSA) is 62.0 Å². The van der Waals surface area contributed by atoms with Crippen molar-refractivity contribution in [3.63, 3.8) is 0 Å². The highest BCUT2D eigenvalue weighted by molar-refractivity contribution is 6.32. The lowest BCUT2D eigenvalue weighted by atomic mass is 10.2. The Kier molecular flexibility index (Phi) is 4.96. The molecule has 0 amide bonds. The molecule has 0 saturated carbocycles. The zero-order valence-corrected chi connectivity index (χ0v) is 13.8. The van der Waals surface area contributed by atoms with Gasteiger partial charge in [0.15, 0.2) is 0 Å². The molecule has 1 heterocycles.